The van der Waals surface area contributed by atoms with Crippen LogP contribution in [0.15, 0.2) is 24.0 Å². The average molecular weight is 207 g/mol. The number of Topliss-reactive ketones (excluding diaryl/α,β-unsaturated/α-hetero) is 1. The molecule has 2 heterocycles. The van der Waals surface area contributed by atoms with Crippen molar-refractivity contribution in [2.75, 3.05) is 0 Å². The summed E-state index contributed by atoms with van der Waals surface area (Å²) in [6, 6.07) is 0. The topological polar surface area (TPSA) is 47.8 Å². The van der Waals surface area contributed by atoms with Crippen molar-refractivity contribution in [1.29, 1.82) is 0 Å². The molecule has 0 fully saturated rings. The Labute approximate surface area is 85.2 Å². The SMILES string of the molecule is Cc1nccn1CC(=O)c1nccs1. The summed E-state index contributed by atoms with van der Waals surface area (Å²) in [6.45, 7) is 2.19. The lowest BCUT2D eigenvalue weighted by Gasteiger charge is -2.00. The second kappa shape index (κ2) is 3.71. The van der Waals surface area contributed by atoms with Crippen LogP contribution in [0.2, 0.25) is 0 Å². The van der Waals surface area contributed by atoms with Gasteiger partial charge in [-0.2, -0.15) is 0 Å². The van der Waals surface area contributed by atoms with Crippen LogP contribution in [0.5, 0.6) is 0 Å². The van der Waals surface area contributed by atoms with Gasteiger partial charge in [0.05, 0.1) is 6.54 Å². The van der Waals surface area contributed by atoms with Crippen molar-refractivity contribution in [3.05, 3.63) is 34.8 Å². The van der Waals surface area contributed by atoms with Crippen molar-refractivity contribution in [3.8, 4) is 0 Å². The van der Waals surface area contributed by atoms with Gasteiger partial charge in [-0.05, 0) is 6.92 Å². The first-order chi connectivity index (χ1) is 6.77. The second-order valence-electron chi connectivity index (χ2n) is 2.86. The highest BCUT2D eigenvalue weighted by molar-refractivity contribution is 7.11. The first-order valence-corrected chi connectivity index (χ1v) is 5.06. The molecule has 0 atom stereocenters. The van der Waals surface area contributed by atoms with E-state index < -0.39 is 0 Å². The smallest absolute Gasteiger partial charge is 0.210 e. The molecule has 4 nitrogen and oxygen atoms in total. The maximum Gasteiger partial charge on any atom is 0.210 e. The van der Waals surface area contributed by atoms with E-state index in [0.717, 1.165) is 5.82 Å². The Hall–Kier alpha value is -1.49. The van der Waals surface area contributed by atoms with Gasteiger partial charge in [0.1, 0.15) is 5.82 Å². The van der Waals surface area contributed by atoms with Crippen molar-refractivity contribution in [1.82, 2.24) is 14.5 Å². The molecule has 72 valence electrons. The van der Waals surface area contributed by atoms with Crippen LogP contribution < -0.4 is 0 Å². The van der Waals surface area contributed by atoms with Gasteiger partial charge in [-0.3, -0.25) is 4.79 Å². The van der Waals surface area contributed by atoms with Gasteiger partial charge in [0.25, 0.3) is 0 Å². The molecule has 14 heavy (non-hydrogen) atoms. The molecule has 2 aromatic heterocycles. The Bertz CT molecular complexity index is 433. The van der Waals surface area contributed by atoms with Crippen LogP contribution >= 0.6 is 11.3 Å². The number of aryl methyl sites for hydroxylation is 1. The Morgan fingerprint density at radius 2 is 2.36 bits per heavy atom. The standard InChI is InChI=1S/C9H9N3OS/c1-7-10-2-4-12(7)6-8(13)9-11-3-5-14-9/h2-5H,6H2,1H3. The third-order valence-corrected chi connectivity index (χ3v) is 2.72. The van der Waals surface area contributed by atoms with Gasteiger partial charge in [-0.15, -0.1) is 11.3 Å². The van der Waals surface area contributed by atoms with Crippen molar-refractivity contribution >= 4 is 17.1 Å². The number of thiazole rings is 1. The monoisotopic (exact) mass is 207 g/mol. The summed E-state index contributed by atoms with van der Waals surface area (Å²) in [5, 5.41) is 2.35. The minimum atomic E-state index is 0.0288. The van der Waals surface area contributed by atoms with E-state index in [-0.39, 0.29) is 5.78 Å². The maximum atomic E-state index is 11.6. The van der Waals surface area contributed by atoms with Crippen LogP contribution in [0, 0.1) is 6.92 Å². The van der Waals surface area contributed by atoms with Crippen LogP contribution in [-0.2, 0) is 6.54 Å². The van der Waals surface area contributed by atoms with E-state index in [4.69, 9.17) is 0 Å². The van der Waals surface area contributed by atoms with E-state index in [0.29, 0.717) is 11.6 Å². The molecule has 0 unspecified atom stereocenters. The number of carbonyl (C=O) groups excluding carboxylic acids is 1. The molecule has 0 saturated carbocycles. The molecule has 0 spiro atoms. The Morgan fingerprint density at radius 3 is 2.93 bits per heavy atom. The predicted molar refractivity (Wildman–Crippen MR) is 53.4 cm³/mol. The first-order valence-electron chi connectivity index (χ1n) is 4.18. The lowest BCUT2D eigenvalue weighted by Crippen LogP contribution is -2.10. The molecule has 0 aliphatic rings. The van der Waals surface area contributed by atoms with Crippen LogP contribution in [0.1, 0.15) is 15.6 Å². The molecule has 0 aromatic carbocycles. The Morgan fingerprint density at radius 1 is 1.50 bits per heavy atom. The lowest BCUT2D eigenvalue weighted by molar-refractivity contribution is 0.0971. The summed E-state index contributed by atoms with van der Waals surface area (Å²) in [7, 11) is 0. The molecular weight excluding hydrogens is 198 g/mol. The zero-order valence-electron chi connectivity index (χ0n) is 7.67. The third kappa shape index (κ3) is 1.72. The van der Waals surface area contributed by atoms with E-state index in [2.05, 4.69) is 9.97 Å². The van der Waals surface area contributed by atoms with Crippen LogP contribution in [0.4, 0.5) is 0 Å². The fourth-order valence-corrected chi connectivity index (χ4v) is 1.72. The van der Waals surface area contributed by atoms with Gasteiger partial charge >= 0.3 is 0 Å². The molecule has 2 aromatic rings. The summed E-state index contributed by atoms with van der Waals surface area (Å²) in [5.74, 6) is 0.871. The van der Waals surface area contributed by atoms with Crippen LogP contribution in [0.25, 0.3) is 0 Å². The first kappa shape index (κ1) is 9.08. The molecule has 0 radical (unpaired) electrons. The predicted octanol–water partition coefficient (Wildman–Crippen LogP) is 1.53. The zero-order valence-corrected chi connectivity index (χ0v) is 8.49. The number of aromatic nitrogens is 3. The number of rotatable bonds is 3. The molecule has 0 N–H and O–H groups in total. The van der Waals surface area contributed by atoms with Gasteiger partial charge < -0.3 is 4.57 Å². The molecule has 5 heteroatoms. The van der Waals surface area contributed by atoms with Gasteiger partial charge in [0.2, 0.25) is 5.78 Å². The van der Waals surface area contributed by atoms with Crippen molar-refractivity contribution in [3.63, 3.8) is 0 Å². The van der Waals surface area contributed by atoms with Crippen molar-refractivity contribution in [2.24, 2.45) is 0 Å². The summed E-state index contributed by atoms with van der Waals surface area (Å²) in [5.41, 5.74) is 0. The highest BCUT2D eigenvalue weighted by Crippen LogP contribution is 2.07. The number of nitrogens with zero attached hydrogens (tertiary/aromatic N) is 3. The quantitative estimate of drug-likeness (QED) is 0.717. The van der Waals surface area contributed by atoms with E-state index in [1.54, 1.807) is 24.0 Å². The van der Waals surface area contributed by atoms with Gasteiger partial charge in [-0.25, -0.2) is 9.97 Å². The molecule has 0 bridgehead atoms. The molecule has 0 saturated heterocycles. The molecule has 0 aliphatic carbocycles. The number of imidazole rings is 1. The maximum absolute atomic E-state index is 11.6. The highest BCUT2D eigenvalue weighted by atomic mass is 32.1. The van der Waals surface area contributed by atoms with E-state index >= 15 is 0 Å². The molecule has 0 aliphatic heterocycles. The van der Waals surface area contributed by atoms with E-state index in [1.165, 1.54) is 11.3 Å². The summed E-state index contributed by atoms with van der Waals surface area (Å²) in [4.78, 5) is 19.6. The summed E-state index contributed by atoms with van der Waals surface area (Å²) < 4.78 is 1.81. The van der Waals surface area contributed by atoms with Crippen molar-refractivity contribution < 1.29 is 4.79 Å². The van der Waals surface area contributed by atoms with E-state index in [9.17, 15) is 4.79 Å². The molecule has 0 amide bonds. The van der Waals surface area contributed by atoms with Gasteiger partial charge in [0, 0.05) is 24.0 Å². The second-order valence-corrected chi connectivity index (χ2v) is 3.76. The Kier molecular flexibility index (Phi) is 2.41. The Balaban J connectivity index is 2.13. The minimum absolute atomic E-state index is 0.0288. The fourth-order valence-electron chi connectivity index (χ4n) is 1.15. The fraction of sp³-hybridized carbons (Fsp3) is 0.222. The van der Waals surface area contributed by atoms with Crippen LogP contribution in [-0.4, -0.2) is 20.3 Å². The highest BCUT2D eigenvalue weighted by Gasteiger charge is 2.09. The largest absolute Gasteiger partial charge is 0.327 e. The number of ketones is 1. The summed E-state index contributed by atoms with van der Waals surface area (Å²) >= 11 is 1.36. The van der Waals surface area contributed by atoms with Gasteiger partial charge in [0.15, 0.2) is 5.01 Å². The van der Waals surface area contributed by atoms with Gasteiger partial charge in [-0.1, -0.05) is 0 Å². The number of hydrogen-bond acceptors (Lipinski definition) is 4. The van der Waals surface area contributed by atoms with E-state index in [1.807, 2.05) is 11.5 Å². The normalized spacial score (nSPS) is 10.4. The van der Waals surface area contributed by atoms with Crippen molar-refractivity contribution in [2.45, 2.75) is 13.5 Å². The molecule has 2 rings (SSSR count). The minimum Gasteiger partial charge on any atom is -0.327 e. The number of hydrogen-bond donors (Lipinski definition) is 0. The third-order valence-electron chi connectivity index (χ3n) is 1.91. The summed E-state index contributed by atoms with van der Waals surface area (Å²) in [6.07, 6.45) is 5.12. The average Bonchev–Trinajstić information content (AvgIpc) is 2.77. The lowest BCUT2D eigenvalue weighted by atomic mass is 10.4. The molecular formula is C9H9N3OS. The van der Waals surface area contributed by atoms with Crippen LogP contribution in [0.3, 0.4) is 0 Å². The zero-order chi connectivity index (χ0) is 9.97. The number of carbonyl (C=O) groups is 1.